The smallest absolute Gasteiger partial charge is 0.195 e. The minimum Gasteiger partial charge on any atom is -0.288 e. The number of carbonyl (C=O) groups is 1. The first kappa shape index (κ1) is 11.1. The summed E-state index contributed by atoms with van der Waals surface area (Å²) in [6.45, 7) is 0. The van der Waals surface area contributed by atoms with Crippen molar-refractivity contribution in [1.82, 2.24) is 0 Å². The van der Waals surface area contributed by atoms with Gasteiger partial charge in [-0.3, -0.25) is 4.79 Å². The minimum absolute atomic E-state index is 0.0132. The summed E-state index contributed by atoms with van der Waals surface area (Å²) in [4.78, 5) is 12.4. The van der Waals surface area contributed by atoms with E-state index in [4.69, 9.17) is 11.6 Å². The summed E-state index contributed by atoms with van der Waals surface area (Å²) in [6, 6.07) is 13.2. The number of halogens is 1. The zero-order valence-corrected chi connectivity index (χ0v) is 9.96. The number of hydrogen-bond acceptors (Lipinski definition) is 2. The number of hydrogen-bond donors (Lipinski definition) is 0. The second-order valence-electron chi connectivity index (χ2n) is 3.21. The summed E-state index contributed by atoms with van der Waals surface area (Å²) in [7, 11) is 0. The van der Waals surface area contributed by atoms with Crippen molar-refractivity contribution in [3.8, 4) is 0 Å². The van der Waals surface area contributed by atoms with Crippen molar-refractivity contribution in [2.24, 2.45) is 0 Å². The lowest BCUT2D eigenvalue weighted by atomic mass is 10.2. The van der Waals surface area contributed by atoms with E-state index in [9.17, 15) is 4.79 Å². The van der Waals surface area contributed by atoms with Crippen LogP contribution in [-0.4, -0.2) is 5.78 Å². The van der Waals surface area contributed by atoms with E-state index in [0.717, 1.165) is 5.56 Å². The minimum atomic E-state index is -0.0132. The average molecular weight is 249 g/mol. The van der Waals surface area contributed by atoms with Gasteiger partial charge in [-0.05, 0) is 23.8 Å². The summed E-state index contributed by atoms with van der Waals surface area (Å²) in [5.74, 6) is -0.0132. The first-order chi connectivity index (χ1) is 7.75. The van der Waals surface area contributed by atoms with Crippen LogP contribution in [-0.2, 0) is 0 Å². The normalized spacial score (nSPS) is 10.8. The summed E-state index contributed by atoms with van der Waals surface area (Å²) in [5.41, 5.74) is 1.01. The van der Waals surface area contributed by atoms with Crippen LogP contribution in [0.5, 0.6) is 0 Å². The molecule has 1 nitrogen and oxygen atoms in total. The van der Waals surface area contributed by atoms with E-state index in [1.807, 2.05) is 30.3 Å². The average Bonchev–Trinajstić information content (AvgIpc) is 2.74. The van der Waals surface area contributed by atoms with Crippen LogP contribution in [0.4, 0.5) is 0 Å². The van der Waals surface area contributed by atoms with Gasteiger partial charge >= 0.3 is 0 Å². The van der Waals surface area contributed by atoms with Crippen LogP contribution in [0.3, 0.4) is 0 Å². The fourth-order valence-electron chi connectivity index (χ4n) is 1.26. The Bertz CT molecular complexity index is 514. The molecule has 1 heterocycles. The van der Waals surface area contributed by atoms with Crippen LogP contribution in [0.15, 0.2) is 48.5 Å². The van der Waals surface area contributed by atoms with Crippen molar-refractivity contribution in [1.29, 1.82) is 0 Å². The SMILES string of the molecule is O=C(/C=C/c1ccccc1)c1ccc(Cl)s1. The lowest BCUT2D eigenvalue weighted by Gasteiger charge is -1.91. The molecule has 0 aliphatic heterocycles. The first-order valence-electron chi connectivity index (χ1n) is 4.78. The number of thiophene rings is 1. The van der Waals surface area contributed by atoms with Crippen molar-refractivity contribution in [3.05, 3.63) is 63.3 Å². The highest BCUT2D eigenvalue weighted by atomic mass is 35.5. The molecule has 0 fully saturated rings. The van der Waals surface area contributed by atoms with E-state index >= 15 is 0 Å². The Kier molecular flexibility index (Phi) is 3.54. The summed E-state index contributed by atoms with van der Waals surface area (Å²) in [6.07, 6.45) is 3.37. The molecule has 0 spiro atoms. The van der Waals surface area contributed by atoms with Gasteiger partial charge in [0.1, 0.15) is 0 Å². The van der Waals surface area contributed by atoms with E-state index in [1.165, 1.54) is 11.3 Å². The molecule has 0 atom stereocenters. The second kappa shape index (κ2) is 5.10. The topological polar surface area (TPSA) is 17.1 Å². The maximum atomic E-state index is 11.7. The molecule has 3 heteroatoms. The molecule has 1 aromatic carbocycles. The van der Waals surface area contributed by atoms with Gasteiger partial charge in [0.15, 0.2) is 5.78 Å². The molecule has 1 aromatic heterocycles. The second-order valence-corrected chi connectivity index (χ2v) is 4.93. The van der Waals surface area contributed by atoms with E-state index in [2.05, 4.69) is 0 Å². The molecule has 0 unspecified atom stereocenters. The van der Waals surface area contributed by atoms with Crippen molar-refractivity contribution in [2.75, 3.05) is 0 Å². The van der Waals surface area contributed by atoms with Gasteiger partial charge in [0.25, 0.3) is 0 Å². The fraction of sp³-hybridized carbons (Fsp3) is 0. The van der Waals surface area contributed by atoms with Gasteiger partial charge < -0.3 is 0 Å². The Morgan fingerprint density at radius 2 is 1.88 bits per heavy atom. The zero-order valence-electron chi connectivity index (χ0n) is 8.39. The maximum Gasteiger partial charge on any atom is 0.195 e. The third-order valence-corrected chi connectivity index (χ3v) is 3.29. The molecular formula is C13H9ClOS. The highest BCUT2D eigenvalue weighted by Gasteiger charge is 2.04. The van der Waals surface area contributed by atoms with Crippen LogP contribution in [0, 0.1) is 0 Å². The molecule has 0 amide bonds. The molecule has 0 saturated heterocycles. The quantitative estimate of drug-likeness (QED) is 0.585. The van der Waals surface area contributed by atoms with Crippen molar-refractivity contribution < 1.29 is 4.79 Å². The van der Waals surface area contributed by atoms with Crippen molar-refractivity contribution in [3.63, 3.8) is 0 Å². The van der Waals surface area contributed by atoms with Crippen LogP contribution in [0.2, 0.25) is 4.34 Å². The number of rotatable bonds is 3. The third-order valence-electron chi connectivity index (χ3n) is 2.04. The van der Waals surface area contributed by atoms with Crippen LogP contribution in [0.1, 0.15) is 15.2 Å². The third kappa shape index (κ3) is 2.81. The van der Waals surface area contributed by atoms with E-state index in [-0.39, 0.29) is 5.78 Å². The molecular weight excluding hydrogens is 240 g/mol. The zero-order chi connectivity index (χ0) is 11.4. The number of carbonyl (C=O) groups excluding carboxylic acids is 1. The number of allylic oxidation sites excluding steroid dienone is 1. The van der Waals surface area contributed by atoms with Gasteiger partial charge in [-0.25, -0.2) is 0 Å². The fourth-order valence-corrected chi connectivity index (χ4v) is 2.23. The van der Waals surface area contributed by atoms with Crippen LogP contribution >= 0.6 is 22.9 Å². The number of benzene rings is 1. The molecule has 0 aliphatic carbocycles. The molecule has 0 saturated carbocycles. The van der Waals surface area contributed by atoms with Gasteiger partial charge in [-0.1, -0.05) is 48.0 Å². The van der Waals surface area contributed by atoms with Gasteiger partial charge in [-0.15, -0.1) is 11.3 Å². The molecule has 2 aromatic rings. The Morgan fingerprint density at radius 1 is 1.12 bits per heavy atom. The standard InChI is InChI=1S/C13H9ClOS/c14-13-9-8-12(16-13)11(15)7-6-10-4-2-1-3-5-10/h1-9H/b7-6+. The van der Waals surface area contributed by atoms with Gasteiger partial charge in [0, 0.05) is 0 Å². The summed E-state index contributed by atoms with van der Waals surface area (Å²) < 4.78 is 0.636. The Hall–Kier alpha value is -1.38. The predicted octanol–water partition coefficient (Wildman–Crippen LogP) is 4.30. The van der Waals surface area contributed by atoms with E-state index < -0.39 is 0 Å². The van der Waals surface area contributed by atoms with Gasteiger partial charge in [0.2, 0.25) is 0 Å². The predicted molar refractivity (Wildman–Crippen MR) is 69.1 cm³/mol. The number of ketones is 1. The van der Waals surface area contributed by atoms with Crippen molar-refractivity contribution >= 4 is 34.8 Å². The Balaban J connectivity index is 2.11. The molecule has 0 N–H and O–H groups in total. The highest BCUT2D eigenvalue weighted by Crippen LogP contribution is 2.22. The molecule has 2 rings (SSSR count). The monoisotopic (exact) mass is 248 g/mol. The largest absolute Gasteiger partial charge is 0.288 e. The Labute approximate surface area is 103 Å². The molecule has 0 bridgehead atoms. The highest BCUT2D eigenvalue weighted by molar-refractivity contribution is 7.18. The first-order valence-corrected chi connectivity index (χ1v) is 5.98. The maximum absolute atomic E-state index is 11.7. The summed E-state index contributed by atoms with van der Waals surface area (Å²) in [5, 5.41) is 0. The van der Waals surface area contributed by atoms with Crippen LogP contribution in [0.25, 0.3) is 6.08 Å². The molecule has 0 radical (unpaired) electrons. The molecule has 16 heavy (non-hydrogen) atoms. The van der Waals surface area contributed by atoms with E-state index in [1.54, 1.807) is 24.3 Å². The van der Waals surface area contributed by atoms with Crippen molar-refractivity contribution in [2.45, 2.75) is 0 Å². The van der Waals surface area contributed by atoms with Crippen LogP contribution < -0.4 is 0 Å². The van der Waals surface area contributed by atoms with Gasteiger partial charge in [-0.2, -0.15) is 0 Å². The van der Waals surface area contributed by atoms with Gasteiger partial charge in [0.05, 0.1) is 9.21 Å². The molecule has 80 valence electrons. The Morgan fingerprint density at radius 3 is 2.50 bits per heavy atom. The summed E-state index contributed by atoms with van der Waals surface area (Å²) >= 11 is 7.06. The lowest BCUT2D eigenvalue weighted by Crippen LogP contribution is -1.88. The molecule has 0 aliphatic rings. The lowest BCUT2D eigenvalue weighted by molar-refractivity contribution is 0.105. The van der Waals surface area contributed by atoms with E-state index in [0.29, 0.717) is 9.21 Å².